The molecule has 0 aliphatic carbocycles. The maximum atomic E-state index is 4.36. The van der Waals surface area contributed by atoms with Crippen molar-refractivity contribution in [2.75, 3.05) is 13.6 Å². The second-order valence-corrected chi connectivity index (χ2v) is 4.79. The summed E-state index contributed by atoms with van der Waals surface area (Å²) in [6, 6.07) is 0. The smallest absolute Gasteiger partial charge is 0.138 e. The van der Waals surface area contributed by atoms with Crippen LogP contribution >= 0.6 is 0 Å². The fourth-order valence-corrected chi connectivity index (χ4v) is 1.85. The Balaban J connectivity index is 2.61. The fourth-order valence-electron chi connectivity index (χ4n) is 1.85. The van der Waals surface area contributed by atoms with Crippen LogP contribution in [0.1, 0.15) is 33.0 Å². The Morgan fingerprint density at radius 2 is 2.19 bits per heavy atom. The first kappa shape index (κ1) is 13.2. The van der Waals surface area contributed by atoms with Gasteiger partial charge in [0.1, 0.15) is 12.2 Å². The van der Waals surface area contributed by atoms with E-state index in [1.54, 1.807) is 6.33 Å². The van der Waals surface area contributed by atoms with Crippen LogP contribution in [-0.4, -0.2) is 28.4 Å². The van der Waals surface area contributed by atoms with Gasteiger partial charge in [-0.1, -0.05) is 27.2 Å². The topological polar surface area (TPSA) is 42.7 Å². The van der Waals surface area contributed by atoms with Gasteiger partial charge < -0.3 is 5.32 Å². The third kappa shape index (κ3) is 3.93. The molecule has 1 atom stereocenters. The SMILES string of the molecule is CCC(CNC)Cc1ncnn1CC(C)C. The van der Waals surface area contributed by atoms with Gasteiger partial charge in [-0.3, -0.25) is 0 Å². The molecule has 0 bridgehead atoms. The van der Waals surface area contributed by atoms with Crippen LogP contribution in [0.5, 0.6) is 0 Å². The minimum absolute atomic E-state index is 0.616. The minimum atomic E-state index is 0.616. The maximum Gasteiger partial charge on any atom is 0.138 e. The molecule has 4 heteroatoms. The molecular formula is C12H24N4. The molecule has 0 spiro atoms. The van der Waals surface area contributed by atoms with Gasteiger partial charge in [-0.25, -0.2) is 9.67 Å². The van der Waals surface area contributed by atoms with Crippen LogP contribution in [0.25, 0.3) is 0 Å². The Hall–Kier alpha value is -0.900. The average Bonchev–Trinajstić information content (AvgIpc) is 2.64. The molecule has 1 aromatic heterocycles. The lowest BCUT2D eigenvalue weighted by atomic mass is 10.0. The first-order chi connectivity index (χ1) is 7.67. The number of rotatable bonds is 7. The molecule has 1 rings (SSSR count). The summed E-state index contributed by atoms with van der Waals surface area (Å²) < 4.78 is 2.04. The van der Waals surface area contributed by atoms with E-state index in [2.05, 4.69) is 36.2 Å². The third-order valence-corrected chi connectivity index (χ3v) is 2.78. The van der Waals surface area contributed by atoms with Gasteiger partial charge in [-0.15, -0.1) is 0 Å². The molecule has 0 aliphatic rings. The fraction of sp³-hybridized carbons (Fsp3) is 0.833. The van der Waals surface area contributed by atoms with Gasteiger partial charge in [0.2, 0.25) is 0 Å². The van der Waals surface area contributed by atoms with Gasteiger partial charge in [0.05, 0.1) is 0 Å². The predicted octanol–water partition coefficient (Wildman–Crippen LogP) is 1.72. The van der Waals surface area contributed by atoms with Crippen molar-refractivity contribution in [2.45, 2.75) is 40.2 Å². The lowest BCUT2D eigenvalue weighted by Gasteiger charge is -2.15. The van der Waals surface area contributed by atoms with Crippen molar-refractivity contribution in [1.82, 2.24) is 20.1 Å². The highest BCUT2D eigenvalue weighted by Gasteiger charge is 2.12. The minimum Gasteiger partial charge on any atom is -0.319 e. The van der Waals surface area contributed by atoms with Gasteiger partial charge >= 0.3 is 0 Å². The largest absolute Gasteiger partial charge is 0.319 e. The summed E-state index contributed by atoms with van der Waals surface area (Å²) in [7, 11) is 2.00. The zero-order chi connectivity index (χ0) is 12.0. The third-order valence-electron chi connectivity index (χ3n) is 2.78. The summed E-state index contributed by atoms with van der Waals surface area (Å²) in [6.07, 6.45) is 3.86. The summed E-state index contributed by atoms with van der Waals surface area (Å²) >= 11 is 0. The van der Waals surface area contributed by atoms with Gasteiger partial charge in [-0.05, 0) is 25.4 Å². The average molecular weight is 224 g/mol. The lowest BCUT2D eigenvalue weighted by Crippen LogP contribution is -2.22. The number of nitrogens with zero attached hydrogens (tertiary/aromatic N) is 3. The molecule has 1 unspecified atom stereocenters. The molecule has 1 N–H and O–H groups in total. The number of nitrogens with one attached hydrogen (secondary N) is 1. The Bertz CT molecular complexity index is 293. The van der Waals surface area contributed by atoms with Crippen LogP contribution < -0.4 is 5.32 Å². The summed E-state index contributed by atoms with van der Waals surface area (Å²) in [6.45, 7) is 8.65. The number of hydrogen-bond donors (Lipinski definition) is 1. The van der Waals surface area contributed by atoms with Crippen LogP contribution in [0.15, 0.2) is 6.33 Å². The second kappa shape index (κ2) is 6.63. The van der Waals surface area contributed by atoms with Crippen LogP contribution in [-0.2, 0) is 13.0 Å². The van der Waals surface area contributed by atoms with Crippen molar-refractivity contribution in [3.05, 3.63) is 12.2 Å². The number of hydrogen-bond acceptors (Lipinski definition) is 3. The van der Waals surface area contributed by atoms with Crippen LogP contribution in [0.2, 0.25) is 0 Å². The molecule has 92 valence electrons. The Morgan fingerprint density at radius 3 is 2.75 bits per heavy atom. The van der Waals surface area contributed by atoms with E-state index in [1.807, 2.05) is 11.7 Å². The van der Waals surface area contributed by atoms with E-state index < -0.39 is 0 Å². The van der Waals surface area contributed by atoms with Gasteiger partial charge in [0.25, 0.3) is 0 Å². The van der Waals surface area contributed by atoms with Crippen LogP contribution in [0, 0.1) is 11.8 Å². The van der Waals surface area contributed by atoms with E-state index in [-0.39, 0.29) is 0 Å². The summed E-state index contributed by atoms with van der Waals surface area (Å²) in [5.41, 5.74) is 0. The molecule has 0 amide bonds. The molecule has 16 heavy (non-hydrogen) atoms. The van der Waals surface area contributed by atoms with E-state index in [0.717, 1.165) is 25.3 Å². The van der Waals surface area contributed by atoms with Crippen molar-refractivity contribution < 1.29 is 0 Å². The monoisotopic (exact) mass is 224 g/mol. The molecular weight excluding hydrogens is 200 g/mol. The second-order valence-electron chi connectivity index (χ2n) is 4.79. The number of aromatic nitrogens is 3. The van der Waals surface area contributed by atoms with Crippen LogP contribution in [0.3, 0.4) is 0 Å². The van der Waals surface area contributed by atoms with Gasteiger partial charge in [0, 0.05) is 13.0 Å². The highest BCUT2D eigenvalue weighted by atomic mass is 15.3. The zero-order valence-electron chi connectivity index (χ0n) is 10.9. The predicted molar refractivity (Wildman–Crippen MR) is 66.3 cm³/mol. The molecule has 0 saturated carbocycles. The molecule has 0 aliphatic heterocycles. The summed E-state index contributed by atoms with van der Waals surface area (Å²) in [5.74, 6) is 2.39. The Morgan fingerprint density at radius 1 is 1.44 bits per heavy atom. The Kier molecular flexibility index (Phi) is 5.46. The van der Waals surface area contributed by atoms with Gasteiger partial charge in [0.15, 0.2) is 0 Å². The molecule has 0 saturated heterocycles. The Labute approximate surface area is 98.5 Å². The molecule has 1 aromatic rings. The molecule has 0 radical (unpaired) electrons. The first-order valence-electron chi connectivity index (χ1n) is 6.18. The van der Waals surface area contributed by atoms with Crippen molar-refractivity contribution in [3.8, 4) is 0 Å². The van der Waals surface area contributed by atoms with Gasteiger partial charge in [-0.2, -0.15) is 5.10 Å². The van der Waals surface area contributed by atoms with Crippen molar-refractivity contribution in [3.63, 3.8) is 0 Å². The van der Waals surface area contributed by atoms with Crippen molar-refractivity contribution in [1.29, 1.82) is 0 Å². The molecule has 0 fully saturated rings. The van der Waals surface area contributed by atoms with Crippen LogP contribution in [0.4, 0.5) is 0 Å². The van der Waals surface area contributed by atoms with Crippen molar-refractivity contribution >= 4 is 0 Å². The molecule has 4 nitrogen and oxygen atoms in total. The van der Waals surface area contributed by atoms with E-state index in [9.17, 15) is 0 Å². The first-order valence-corrected chi connectivity index (χ1v) is 6.18. The summed E-state index contributed by atoms with van der Waals surface area (Å²) in [5, 5.41) is 7.52. The standard InChI is InChI=1S/C12H24N4/c1-5-11(7-13-4)6-12-14-9-15-16(12)8-10(2)3/h9-11,13H,5-8H2,1-4H3. The maximum absolute atomic E-state index is 4.36. The van der Waals surface area contributed by atoms with E-state index in [0.29, 0.717) is 11.8 Å². The highest BCUT2D eigenvalue weighted by Crippen LogP contribution is 2.10. The summed E-state index contributed by atoms with van der Waals surface area (Å²) in [4.78, 5) is 4.36. The van der Waals surface area contributed by atoms with Crippen molar-refractivity contribution in [2.24, 2.45) is 11.8 Å². The van der Waals surface area contributed by atoms with E-state index >= 15 is 0 Å². The zero-order valence-corrected chi connectivity index (χ0v) is 10.9. The quantitative estimate of drug-likeness (QED) is 0.767. The highest BCUT2D eigenvalue weighted by molar-refractivity contribution is 4.88. The molecule has 0 aromatic carbocycles. The lowest BCUT2D eigenvalue weighted by molar-refractivity contribution is 0.424. The normalized spacial score (nSPS) is 13.3. The van der Waals surface area contributed by atoms with E-state index in [4.69, 9.17) is 0 Å². The molecule has 1 heterocycles. The van der Waals surface area contributed by atoms with E-state index in [1.165, 1.54) is 6.42 Å².